The Labute approximate surface area is 165 Å². The Kier molecular flexibility index (Phi) is 8.34. The number of nitrogens with one attached hydrogen (secondary N) is 1. The van der Waals surface area contributed by atoms with Gasteiger partial charge in [-0.1, -0.05) is 19.1 Å². The van der Waals surface area contributed by atoms with Crippen molar-refractivity contribution in [2.45, 2.75) is 33.1 Å². The highest BCUT2D eigenvalue weighted by Gasteiger charge is 2.10. The van der Waals surface area contributed by atoms with Gasteiger partial charge in [0.2, 0.25) is 5.91 Å². The summed E-state index contributed by atoms with van der Waals surface area (Å²) in [5.74, 6) is 0.814. The highest BCUT2D eigenvalue weighted by atomic mass is 16.5. The molecule has 0 atom stereocenters. The van der Waals surface area contributed by atoms with Gasteiger partial charge in [0.05, 0.1) is 25.9 Å². The number of aryl methyl sites for hydroxylation is 1. The molecular formula is C22H27NO5. The Bertz CT molecular complexity index is 803. The summed E-state index contributed by atoms with van der Waals surface area (Å²) in [6.45, 7) is 4.78. The van der Waals surface area contributed by atoms with Crippen LogP contribution in [0.4, 0.5) is 5.69 Å². The van der Waals surface area contributed by atoms with Crippen LogP contribution >= 0.6 is 0 Å². The minimum atomic E-state index is -0.389. The van der Waals surface area contributed by atoms with E-state index >= 15 is 0 Å². The maximum atomic E-state index is 12.3. The molecule has 6 heteroatoms. The van der Waals surface area contributed by atoms with Gasteiger partial charge in [-0.15, -0.1) is 0 Å². The van der Waals surface area contributed by atoms with Crippen LogP contribution in [0.3, 0.4) is 0 Å². The summed E-state index contributed by atoms with van der Waals surface area (Å²) in [6.07, 6.45) is 1.63. The normalized spacial score (nSPS) is 10.2. The summed E-state index contributed by atoms with van der Waals surface area (Å²) in [5, 5.41) is 2.82. The summed E-state index contributed by atoms with van der Waals surface area (Å²) in [4.78, 5) is 24.2. The van der Waals surface area contributed by atoms with Crippen molar-refractivity contribution >= 4 is 17.6 Å². The zero-order chi connectivity index (χ0) is 20.4. The van der Waals surface area contributed by atoms with E-state index in [4.69, 9.17) is 14.2 Å². The van der Waals surface area contributed by atoms with Gasteiger partial charge in [0, 0.05) is 12.1 Å². The monoisotopic (exact) mass is 385 g/mol. The van der Waals surface area contributed by atoms with E-state index in [1.807, 2.05) is 32.0 Å². The van der Waals surface area contributed by atoms with E-state index in [0.717, 1.165) is 12.0 Å². The first-order valence-electron chi connectivity index (χ1n) is 9.44. The number of benzene rings is 2. The second-order valence-electron chi connectivity index (χ2n) is 6.18. The molecule has 0 heterocycles. The molecule has 0 unspecified atom stereocenters. The van der Waals surface area contributed by atoms with E-state index in [1.54, 1.807) is 31.4 Å². The van der Waals surface area contributed by atoms with E-state index in [1.165, 1.54) is 0 Å². The van der Waals surface area contributed by atoms with Gasteiger partial charge in [0.25, 0.3) is 0 Å². The van der Waals surface area contributed by atoms with Gasteiger partial charge < -0.3 is 19.5 Å². The molecule has 1 amide bonds. The van der Waals surface area contributed by atoms with Gasteiger partial charge in [-0.3, -0.25) is 4.79 Å². The van der Waals surface area contributed by atoms with Crippen LogP contribution in [-0.2, 0) is 16.0 Å². The fourth-order valence-electron chi connectivity index (χ4n) is 2.63. The van der Waals surface area contributed by atoms with Crippen molar-refractivity contribution in [3.63, 3.8) is 0 Å². The van der Waals surface area contributed by atoms with Crippen molar-refractivity contribution in [2.75, 3.05) is 25.6 Å². The highest BCUT2D eigenvalue weighted by molar-refractivity contribution is 5.94. The van der Waals surface area contributed by atoms with Crippen molar-refractivity contribution in [3.8, 4) is 11.5 Å². The van der Waals surface area contributed by atoms with Crippen LogP contribution < -0.4 is 14.8 Å². The number of anilines is 1. The molecule has 6 nitrogen and oxygen atoms in total. The number of amides is 1. The Hall–Kier alpha value is -3.02. The maximum Gasteiger partial charge on any atom is 0.338 e. The fourth-order valence-corrected chi connectivity index (χ4v) is 2.63. The van der Waals surface area contributed by atoms with Gasteiger partial charge in [-0.2, -0.15) is 0 Å². The minimum Gasteiger partial charge on any atom is -0.493 e. The summed E-state index contributed by atoms with van der Waals surface area (Å²) in [7, 11) is 1.59. The molecule has 0 bridgehead atoms. The molecule has 0 saturated heterocycles. The standard InChI is InChI=1S/C22H27NO5/c1-4-13-28-22(25)17-7-6-8-18(15-17)23-21(24)12-10-16-9-11-19(27-5-2)20(14-16)26-3/h6-9,11,14-15H,4-5,10,12-13H2,1-3H3,(H,23,24). The van der Waals surface area contributed by atoms with Crippen molar-refractivity contribution in [1.82, 2.24) is 0 Å². The molecule has 2 aromatic carbocycles. The third-order valence-corrected chi connectivity index (χ3v) is 3.99. The molecule has 0 aliphatic carbocycles. The molecule has 0 spiro atoms. The molecule has 150 valence electrons. The van der Waals surface area contributed by atoms with Gasteiger partial charge in [0.15, 0.2) is 11.5 Å². The second kappa shape index (κ2) is 11.0. The van der Waals surface area contributed by atoms with E-state index in [0.29, 0.717) is 48.8 Å². The zero-order valence-electron chi connectivity index (χ0n) is 16.6. The maximum absolute atomic E-state index is 12.3. The van der Waals surface area contributed by atoms with Crippen LogP contribution in [0.25, 0.3) is 0 Å². The Balaban J connectivity index is 1.93. The SMILES string of the molecule is CCCOC(=O)c1cccc(NC(=O)CCc2ccc(OCC)c(OC)c2)c1. The molecule has 2 rings (SSSR count). The number of hydrogen-bond donors (Lipinski definition) is 1. The molecule has 0 aromatic heterocycles. The summed E-state index contributed by atoms with van der Waals surface area (Å²) < 4.78 is 16.0. The van der Waals surface area contributed by atoms with Crippen molar-refractivity contribution in [2.24, 2.45) is 0 Å². The molecule has 1 N–H and O–H groups in total. The average molecular weight is 385 g/mol. The van der Waals surface area contributed by atoms with Crippen molar-refractivity contribution in [1.29, 1.82) is 0 Å². The largest absolute Gasteiger partial charge is 0.493 e. The quantitative estimate of drug-likeness (QED) is 0.620. The number of methoxy groups -OCH3 is 1. The highest BCUT2D eigenvalue weighted by Crippen LogP contribution is 2.28. The van der Waals surface area contributed by atoms with E-state index in [9.17, 15) is 9.59 Å². The smallest absolute Gasteiger partial charge is 0.338 e. The predicted molar refractivity (Wildman–Crippen MR) is 108 cm³/mol. The summed E-state index contributed by atoms with van der Waals surface area (Å²) in [5.41, 5.74) is 1.97. The topological polar surface area (TPSA) is 73.9 Å². The van der Waals surface area contributed by atoms with E-state index < -0.39 is 0 Å². The Morgan fingerprint density at radius 2 is 1.86 bits per heavy atom. The predicted octanol–water partition coefficient (Wildman–Crippen LogP) is 4.23. The number of ether oxygens (including phenoxy) is 3. The number of carbonyl (C=O) groups excluding carboxylic acids is 2. The van der Waals surface area contributed by atoms with Crippen LogP contribution in [0.1, 0.15) is 42.6 Å². The zero-order valence-corrected chi connectivity index (χ0v) is 16.6. The third-order valence-electron chi connectivity index (χ3n) is 3.99. The molecule has 0 fully saturated rings. The number of rotatable bonds is 10. The van der Waals surface area contributed by atoms with Crippen molar-refractivity contribution < 1.29 is 23.8 Å². The molecule has 0 radical (unpaired) electrons. The molecular weight excluding hydrogens is 358 g/mol. The lowest BCUT2D eigenvalue weighted by Gasteiger charge is -2.11. The molecule has 2 aromatic rings. The first-order chi connectivity index (χ1) is 13.6. The van der Waals surface area contributed by atoms with Crippen LogP contribution in [0.2, 0.25) is 0 Å². The van der Waals surface area contributed by atoms with Crippen molar-refractivity contribution in [3.05, 3.63) is 53.6 Å². The van der Waals surface area contributed by atoms with Crippen LogP contribution in [-0.4, -0.2) is 32.2 Å². The minimum absolute atomic E-state index is 0.132. The molecule has 0 aliphatic rings. The summed E-state index contributed by atoms with van der Waals surface area (Å²) in [6, 6.07) is 12.4. The lowest BCUT2D eigenvalue weighted by Crippen LogP contribution is -2.13. The Morgan fingerprint density at radius 3 is 2.57 bits per heavy atom. The lowest BCUT2D eigenvalue weighted by molar-refractivity contribution is -0.116. The number of carbonyl (C=O) groups is 2. The third kappa shape index (κ3) is 6.30. The average Bonchev–Trinajstić information content (AvgIpc) is 2.71. The van der Waals surface area contributed by atoms with Crippen LogP contribution in [0, 0.1) is 0 Å². The van der Waals surface area contributed by atoms with Crippen LogP contribution in [0.15, 0.2) is 42.5 Å². The van der Waals surface area contributed by atoms with Gasteiger partial charge >= 0.3 is 5.97 Å². The van der Waals surface area contributed by atoms with Gasteiger partial charge in [-0.25, -0.2) is 4.79 Å². The van der Waals surface area contributed by atoms with Gasteiger partial charge in [-0.05, 0) is 55.7 Å². The molecule has 0 saturated carbocycles. The first kappa shape index (κ1) is 21.3. The number of esters is 1. The first-order valence-corrected chi connectivity index (χ1v) is 9.44. The second-order valence-corrected chi connectivity index (χ2v) is 6.18. The Morgan fingerprint density at radius 1 is 1.04 bits per heavy atom. The van der Waals surface area contributed by atoms with Crippen LogP contribution in [0.5, 0.6) is 11.5 Å². The lowest BCUT2D eigenvalue weighted by atomic mass is 10.1. The van der Waals surface area contributed by atoms with E-state index in [2.05, 4.69) is 5.32 Å². The molecule has 28 heavy (non-hydrogen) atoms. The summed E-state index contributed by atoms with van der Waals surface area (Å²) >= 11 is 0. The fraction of sp³-hybridized carbons (Fsp3) is 0.364. The van der Waals surface area contributed by atoms with Gasteiger partial charge in [0.1, 0.15) is 0 Å². The van der Waals surface area contributed by atoms with E-state index in [-0.39, 0.29) is 11.9 Å². The number of hydrogen-bond acceptors (Lipinski definition) is 5. The molecule has 0 aliphatic heterocycles.